The highest BCUT2D eigenvalue weighted by Gasteiger charge is 2.62. The highest BCUT2D eigenvalue weighted by atomic mass is 14.6. The lowest BCUT2D eigenvalue weighted by atomic mass is 9.38. The molecule has 1 saturated carbocycles. The Kier molecular flexibility index (Phi) is 1.84. The van der Waals surface area contributed by atoms with Crippen molar-refractivity contribution in [3.05, 3.63) is 35.5 Å². The second-order valence-corrected chi connectivity index (χ2v) is 5.86. The van der Waals surface area contributed by atoms with Crippen LogP contribution in [0.25, 0.3) is 0 Å². The fraction of sp³-hybridized carbons (Fsp3) is 0.600. The van der Waals surface area contributed by atoms with E-state index in [0.29, 0.717) is 5.41 Å². The second-order valence-electron chi connectivity index (χ2n) is 5.86. The minimum atomic E-state index is 0.656. The molecule has 0 N–H and O–H groups in total. The van der Waals surface area contributed by atoms with Gasteiger partial charge in [0.05, 0.1) is 0 Å². The monoisotopic (exact) mass is 209 g/mol. The van der Waals surface area contributed by atoms with Crippen molar-refractivity contribution in [2.45, 2.75) is 38.3 Å². The molecule has 0 amide bonds. The maximum absolute atomic E-state index is 2.51. The molecule has 81 valence electrons. The van der Waals surface area contributed by atoms with Gasteiger partial charge < -0.3 is 0 Å². The predicted molar refractivity (Wildman–Crippen MR) is 68.6 cm³/mol. The summed E-state index contributed by atoms with van der Waals surface area (Å²) < 4.78 is 0. The van der Waals surface area contributed by atoms with Crippen LogP contribution in [0, 0.1) is 17.3 Å². The van der Waals surface area contributed by atoms with E-state index in [1.807, 2.05) is 11.1 Å². The van der Waals surface area contributed by atoms with Gasteiger partial charge in [0, 0.05) is 11.3 Å². The summed E-state index contributed by atoms with van der Waals surface area (Å²) in [6.45, 7) is 0. The maximum atomic E-state index is 2.51. The predicted octanol–water partition coefficient (Wildman–Crippen LogP) is 3.77. The number of hydrogen-bond acceptors (Lipinski definition) is 0. The zero-order valence-corrected chi connectivity index (χ0v) is 9.78. The molecule has 0 nitrogen and oxygen atoms in total. The Balaban J connectivity index is 1.76. The largest absolute Gasteiger partial charge is 0.114 e. The first-order chi connectivity index (χ1) is 7.92. The molecular weight excluding hydrogens is 191 g/mol. The van der Waals surface area contributed by atoms with Gasteiger partial charge in [0.25, 0.3) is 0 Å². The first-order valence-electron chi connectivity index (χ1n) is 6.79. The van der Waals surface area contributed by atoms with E-state index in [1.54, 1.807) is 0 Å². The minimum Gasteiger partial charge on any atom is -0.0957 e. The van der Waals surface area contributed by atoms with Crippen LogP contribution in [0.2, 0.25) is 12.6 Å². The molecule has 0 aromatic rings. The van der Waals surface area contributed by atoms with Gasteiger partial charge in [-0.25, -0.2) is 0 Å². The van der Waals surface area contributed by atoms with Crippen LogP contribution in [-0.2, 0) is 0 Å². The second kappa shape index (κ2) is 3.15. The molecule has 0 bridgehead atoms. The van der Waals surface area contributed by atoms with Crippen molar-refractivity contribution >= 4 is 7.28 Å². The fourth-order valence-electron chi connectivity index (χ4n) is 4.54. The Morgan fingerprint density at radius 2 is 2.25 bits per heavy atom. The molecule has 3 atom stereocenters. The molecule has 0 saturated heterocycles. The molecule has 1 aliphatic heterocycles. The van der Waals surface area contributed by atoms with E-state index >= 15 is 0 Å². The lowest BCUT2D eigenvalue weighted by molar-refractivity contribution is 0.0530. The standard InChI is InChI=1S/C15H18B/c1-2-7-15-10-11-6-9-16-8-3-4-12(14(11)15)13(15)5-1/h1,3-5,12-13H,2,6-10H2/b4-3-. The smallest absolute Gasteiger partial charge is 0.0957 e. The summed E-state index contributed by atoms with van der Waals surface area (Å²) in [5.74, 6) is 1.64. The zero-order valence-electron chi connectivity index (χ0n) is 9.78. The SMILES string of the molecule is [B]1C/C=C\C2C3=C(CC1)CC31CCC=CC21. The molecule has 1 heteroatoms. The summed E-state index contributed by atoms with van der Waals surface area (Å²) in [4.78, 5) is 0. The van der Waals surface area contributed by atoms with Crippen LogP contribution < -0.4 is 0 Å². The summed E-state index contributed by atoms with van der Waals surface area (Å²) in [6, 6.07) is 0. The zero-order chi connectivity index (χ0) is 10.6. The van der Waals surface area contributed by atoms with Crippen molar-refractivity contribution in [1.82, 2.24) is 0 Å². The summed E-state index contributed by atoms with van der Waals surface area (Å²) in [7, 11) is 2.44. The molecule has 4 aliphatic rings. The van der Waals surface area contributed by atoms with Crippen LogP contribution in [0.5, 0.6) is 0 Å². The molecule has 3 unspecified atom stereocenters. The Morgan fingerprint density at radius 3 is 3.25 bits per heavy atom. The first-order valence-corrected chi connectivity index (χ1v) is 6.79. The lowest BCUT2D eigenvalue weighted by Gasteiger charge is -2.65. The molecule has 3 aliphatic carbocycles. The number of fused-ring (bicyclic) bond motifs is 1. The van der Waals surface area contributed by atoms with Gasteiger partial charge in [-0.3, -0.25) is 0 Å². The summed E-state index contributed by atoms with van der Waals surface area (Å²) in [5, 5.41) is 0. The molecule has 1 heterocycles. The highest BCUT2D eigenvalue weighted by Crippen LogP contribution is 2.71. The summed E-state index contributed by atoms with van der Waals surface area (Å²) in [5.41, 5.74) is 4.34. The van der Waals surface area contributed by atoms with Crippen LogP contribution >= 0.6 is 0 Å². The number of allylic oxidation sites excluding steroid dienone is 6. The summed E-state index contributed by atoms with van der Waals surface area (Å²) in [6.07, 6.45) is 17.8. The molecule has 0 aromatic carbocycles. The third kappa shape index (κ3) is 0.978. The van der Waals surface area contributed by atoms with E-state index in [4.69, 9.17) is 0 Å². The molecule has 1 fully saturated rings. The van der Waals surface area contributed by atoms with Gasteiger partial charge in [0.2, 0.25) is 0 Å². The van der Waals surface area contributed by atoms with Crippen LogP contribution in [0.1, 0.15) is 25.7 Å². The summed E-state index contributed by atoms with van der Waals surface area (Å²) >= 11 is 0. The lowest BCUT2D eigenvalue weighted by Crippen LogP contribution is -2.56. The van der Waals surface area contributed by atoms with Crippen LogP contribution in [0.4, 0.5) is 0 Å². The topological polar surface area (TPSA) is 0 Å². The highest BCUT2D eigenvalue weighted by molar-refractivity contribution is 6.36. The van der Waals surface area contributed by atoms with Crippen LogP contribution in [0.3, 0.4) is 0 Å². The Bertz CT molecular complexity index is 415. The Morgan fingerprint density at radius 1 is 1.25 bits per heavy atom. The van der Waals surface area contributed by atoms with Crippen molar-refractivity contribution in [3.8, 4) is 0 Å². The first kappa shape index (κ1) is 9.33. The van der Waals surface area contributed by atoms with E-state index in [0.717, 1.165) is 11.8 Å². The van der Waals surface area contributed by atoms with Gasteiger partial charge in [0.15, 0.2) is 0 Å². The van der Waals surface area contributed by atoms with Crippen molar-refractivity contribution in [3.63, 3.8) is 0 Å². The Hall–Kier alpha value is -0.715. The van der Waals surface area contributed by atoms with E-state index in [9.17, 15) is 0 Å². The number of hydrogen-bond donors (Lipinski definition) is 0. The molecule has 0 aromatic heterocycles. The van der Waals surface area contributed by atoms with E-state index < -0.39 is 0 Å². The van der Waals surface area contributed by atoms with Gasteiger partial charge in [-0.2, -0.15) is 0 Å². The van der Waals surface area contributed by atoms with Crippen molar-refractivity contribution in [1.29, 1.82) is 0 Å². The normalized spacial score (nSPS) is 46.0. The van der Waals surface area contributed by atoms with Crippen molar-refractivity contribution in [2.75, 3.05) is 0 Å². The van der Waals surface area contributed by atoms with Crippen molar-refractivity contribution < 1.29 is 0 Å². The van der Waals surface area contributed by atoms with Gasteiger partial charge in [0.1, 0.15) is 7.28 Å². The van der Waals surface area contributed by atoms with E-state index in [2.05, 4.69) is 31.6 Å². The third-order valence-corrected chi connectivity index (χ3v) is 5.20. The minimum absolute atomic E-state index is 0.656. The van der Waals surface area contributed by atoms with E-state index in [-0.39, 0.29) is 0 Å². The average Bonchev–Trinajstić information content (AvgIpc) is 2.33. The molecule has 1 spiro atoms. The average molecular weight is 209 g/mol. The fourth-order valence-corrected chi connectivity index (χ4v) is 4.54. The quantitative estimate of drug-likeness (QED) is 0.420. The number of rotatable bonds is 0. The third-order valence-electron chi connectivity index (χ3n) is 5.20. The van der Waals surface area contributed by atoms with E-state index in [1.165, 1.54) is 38.3 Å². The van der Waals surface area contributed by atoms with Gasteiger partial charge in [-0.15, -0.1) is 0 Å². The Labute approximate surface area is 98.7 Å². The van der Waals surface area contributed by atoms with Gasteiger partial charge in [-0.05, 0) is 31.6 Å². The van der Waals surface area contributed by atoms with Gasteiger partial charge in [-0.1, -0.05) is 48.1 Å². The molecule has 16 heavy (non-hydrogen) atoms. The maximum Gasteiger partial charge on any atom is 0.114 e. The van der Waals surface area contributed by atoms with Crippen molar-refractivity contribution in [2.24, 2.45) is 17.3 Å². The van der Waals surface area contributed by atoms with Gasteiger partial charge >= 0.3 is 0 Å². The molecule has 1 radical (unpaired) electrons. The van der Waals surface area contributed by atoms with Crippen LogP contribution in [0.15, 0.2) is 35.5 Å². The molecule has 4 rings (SSSR count). The van der Waals surface area contributed by atoms with Crippen LogP contribution in [-0.4, -0.2) is 7.28 Å². The molecular formula is C15H18B.